The van der Waals surface area contributed by atoms with Gasteiger partial charge in [-0.25, -0.2) is 12.2 Å². The predicted molar refractivity (Wildman–Crippen MR) is 284 cm³/mol. The zero-order valence-electron chi connectivity index (χ0n) is 40.4. The summed E-state index contributed by atoms with van der Waals surface area (Å²) in [6, 6.07) is 52.1. The molecule has 0 aromatic heterocycles. The van der Waals surface area contributed by atoms with Gasteiger partial charge in [-0.15, -0.1) is 71.0 Å². The van der Waals surface area contributed by atoms with Crippen molar-refractivity contribution in [2.75, 3.05) is 0 Å². The summed E-state index contributed by atoms with van der Waals surface area (Å²) in [5.41, 5.74) is 14.0. The van der Waals surface area contributed by atoms with Crippen molar-refractivity contribution in [2.45, 2.75) is 124 Å². The van der Waals surface area contributed by atoms with E-state index in [0.29, 0.717) is 0 Å². The Hall–Kier alpha value is -4.00. The van der Waals surface area contributed by atoms with E-state index in [0.717, 1.165) is 19.3 Å². The summed E-state index contributed by atoms with van der Waals surface area (Å²) in [6.07, 6.45) is 12.2. The molecule has 0 saturated heterocycles. The Morgan fingerprint density at radius 2 is 0.875 bits per heavy atom. The number of allylic oxidation sites excluding steroid dienone is 4. The molecule has 0 aliphatic heterocycles. The second-order valence-corrected chi connectivity index (χ2v) is 22.9. The van der Waals surface area contributed by atoms with Crippen molar-refractivity contribution in [1.82, 2.24) is 0 Å². The Morgan fingerprint density at radius 3 is 1.16 bits per heavy atom. The van der Waals surface area contributed by atoms with Crippen LogP contribution in [0.5, 0.6) is 0 Å². The molecule has 332 valence electrons. The fourth-order valence-electron chi connectivity index (χ4n) is 8.21. The Kier molecular flexibility index (Phi) is 18.1. The minimum atomic E-state index is 0. The van der Waals surface area contributed by atoms with E-state index in [9.17, 15) is 0 Å². The molecule has 1 aliphatic rings. The van der Waals surface area contributed by atoms with Crippen molar-refractivity contribution in [2.24, 2.45) is 0 Å². The molecule has 0 radical (unpaired) electrons. The Morgan fingerprint density at radius 1 is 0.500 bits per heavy atom. The normalized spacial score (nSPS) is 12.5. The molecule has 0 amide bonds. The van der Waals surface area contributed by atoms with Gasteiger partial charge in [0, 0.05) is 0 Å². The van der Waals surface area contributed by atoms with Gasteiger partial charge in [-0.05, 0) is 66.2 Å². The second kappa shape index (κ2) is 22.0. The first-order valence-electron chi connectivity index (χ1n) is 22.5. The maximum atomic E-state index is 2.99. The summed E-state index contributed by atoms with van der Waals surface area (Å²) in [5, 5.41) is 5.37. The maximum absolute atomic E-state index is 2.99. The fourth-order valence-corrected chi connectivity index (χ4v) is 9.21. The van der Waals surface area contributed by atoms with Gasteiger partial charge in [-0.1, -0.05) is 144 Å². The summed E-state index contributed by atoms with van der Waals surface area (Å²) in [7, 11) is 0. The van der Waals surface area contributed by atoms with Crippen LogP contribution >= 0.6 is 24.8 Å². The third kappa shape index (κ3) is 13.8. The van der Waals surface area contributed by atoms with E-state index in [1.807, 2.05) is 12.2 Å². The number of fused-ring (bicyclic) bond motifs is 3. The monoisotopic (exact) mass is 962 g/mol. The van der Waals surface area contributed by atoms with Crippen molar-refractivity contribution in [1.29, 1.82) is 0 Å². The molecule has 0 unspecified atom stereocenters. The van der Waals surface area contributed by atoms with E-state index < -0.39 is 0 Å². The van der Waals surface area contributed by atoms with Crippen molar-refractivity contribution in [3.05, 3.63) is 197 Å². The van der Waals surface area contributed by atoms with E-state index in [1.165, 1.54) is 77.2 Å². The number of hydrogen-bond donors (Lipinski definition) is 0. The minimum absolute atomic E-state index is 0. The Labute approximate surface area is 414 Å². The fraction of sp³-hybridized carbons (Fsp3) is 0.311. The van der Waals surface area contributed by atoms with Gasteiger partial charge < -0.3 is 0 Å². The molecule has 3 heteroatoms. The number of halogens is 2. The topological polar surface area (TPSA) is 0 Å². The third-order valence-corrected chi connectivity index (χ3v) is 12.7. The molecule has 0 bridgehead atoms. The van der Waals surface area contributed by atoms with Crippen LogP contribution in [0.1, 0.15) is 123 Å². The van der Waals surface area contributed by atoms with Crippen LogP contribution in [0, 0.1) is 6.08 Å². The molecule has 0 saturated carbocycles. The van der Waals surface area contributed by atoms with Crippen LogP contribution in [0.4, 0.5) is 0 Å². The van der Waals surface area contributed by atoms with E-state index in [1.54, 1.807) is 27.4 Å². The summed E-state index contributed by atoms with van der Waals surface area (Å²) in [4.78, 5) is 0. The second-order valence-electron chi connectivity index (χ2n) is 21.2. The molecule has 0 atom stereocenters. The first kappa shape index (κ1) is 52.6. The molecule has 8 rings (SSSR count). The summed E-state index contributed by atoms with van der Waals surface area (Å²) >= 11 is 1.55. The van der Waals surface area contributed by atoms with Gasteiger partial charge in [0.15, 0.2) is 0 Å². The van der Waals surface area contributed by atoms with Gasteiger partial charge in [0.1, 0.15) is 0 Å². The molecular weight excluding hydrogens is 895 g/mol. The molecule has 0 nitrogen and oxygen atoms in total. The van der Waals surface area contributed by atoms with Crippen LogP contribution in [0.15, 0.2) is 158 Å². The molecular formula is C61H70Cl2Zr. The average molecular weight is 965 g/mol. The van der Waals surface area contributed by atoms with Crippen molar-refractivity contribution in [3.63, 3.8) is 0 Å². The van der Waals surface area contributed by atoms with Gasteiger partial charge in [0.05, 0.1) is 0 Å². The van der Waals surface area contributed by atoms with Gasteiger partial charge >= 0.3 is 112 Å². The summed E-state index contributed by atoms with van der Waals surface area (Å²) in [5.74, 6) is 0. The van der Waals surface area contributed by atoms with E-state index >= 15 is 0 Å². The van der Waals surface area contributed by atoms with Gasteiger partial charge in [0.25, 0.3) is 0 Å². The van der Waals surface area contributed by atoms with Crippen LogP contribution in [0.25, 0.3) is 43.8 Å². The zero-order chi connectivity index (χ0) is 44.9. The molecule has 0 heterocycles. The molecule has 7 aromatic rings. The van der Waals surface area contributed by atoms with Crippen molar-refractivity contribution in [3.8, 4) is 22.3 Å². The Bertz CT molecular complexity index is 2460. The SMILES string of the molecule is CC(C)(C)c1ccc(-c2cc3[cH-]c4cc(-c5ccc(C(C)(C)C)cc5)c(C(C)(C)C)cc4c3cc2C(C)(C)C)cc1.Cl.Cl.[C-]1=CC=CC1.[Zr+2]=[C](Cc1ccccc1)Cc1ccccc1. The van der Waals surface area contributed by atoms with Crippen LogP contribution in [-0.2, 0) is 58.7 Å². The predicted octanol–water partition coefficient (Wildman–Crippen LogP) is 17.6. The number of rotatable bonds is 6. The van der Waals surface area contributed by atoms with Crippen LogP contribution in [0.3, 0.4) is 0 Å². The van der Waals surface area contributed by atoms with Gasteiger partial charge in [0.2, 0.25) is 0 Å². The summed E-state index contributed by atoms with van der Waals surface area (Å²) < 4.78 is 1.60. The van der Waals surface area contributed by atoms with Crippen LogP contribution in [0.2, 0.25) is 0 Å². The molecule has 7 aromatic carbocycles. The Balaban J connectivity index is 0.000000321. The van der Waals surface area contributed by atoms with Crippen molar-refractivity contribution >= 4 is 49.6 Å². The average Bonchev–Trinajstić information content (AvgIpc) is 3.92. The molecule has 0 N–H and O–H groups in total. The molecule has 0 fully saturated rings. The van der Waals surface area contributed by atoms with Crippen LogP contribution < -0.4 is 0 Å². The van der Waals surface area contributed by atoms with Gasteiger partial charge in [-0.3, -0.25) is 6.08 Å². The third-order valence-electron chi connectivity index (χ3n) is 11.8. The zero-order valence-corrected chi connectivity index (χ0v) is 44.5. The quantitative estimate of drug-likeness (QED) is 0.146. The van der Waals surface area contributed by atoms with E-state index in [2.05, 4.69) is 235 Å². The number of hydrogen-bond acceptors (Lipinski definition) is 0. The van der Waals surface area contributed by atoms with E-state index in [4.69, 9.17) is 0 Å². The van der Waals surface area contributed by atoms with Crippen molar-refractivity contribution < 1.29 is 24.2 Å². The molecule has 1 aliphatic carbocycles. The molecule has 0 spiro atoms. The first-order valence-corrected chi connectivity index (χ1v) is 23.7. The van der Waals surface area contributed by atoms with Crippen LogP contribution in [-0.4, -0.2) is 3.21 Å². The number of benzene rings is 6. The molecule has 64 heavy (non-hydrogen) atoms. The van der Waals surface area contributed by atoms with E-state index in [-0.39, 0.29) is 46.5 Å². The summed E-state index contributed by atoms with van der Waals surface area (Å²) in [6.45, 7) is 27.7. The standard InChI is InChI=1S/C41H49.C15H14.C5H5.2ClH.Zr/c1-38(2,3)30-17-13-26(14-18-30)34-22-28-21-29-23-35(27-15-19-31(20-16-27)39(4,5)6)37(41(10,11)12)25-33(29)32(28)24-36(34)40(7,8)9;1-3-8-14(9-4-1)12-7-13-15-10-5-2-6-11-15;1-2-4-5-3-1;;;/h13-25H,1-12H3;1-6,8-11H,12-13H2;1-3H,4H2;2*1H;/q-1;;-1;;;+2. The first-order chi connectivity index (χ1) is 29.2. The van der Waals surface area contributed by atoms with Gasteiger partial charge in [-0.2, -0.15) is 6.08 Å².